The summed E-state index contributed by atoms with van der Waals surface area (Å²) in [7, 11) is 0. The molecule has 1 rings (SSSR count). The van der Waals surface area contributed by atoms with E-state index in [9.17, 15) is 9.59 Å². The maximum Gasteiger partial charge on any atom is 0.461 e. The Hall–Kier alpha value is -2.35. The zero-order valence-electron chi connectivity index (χ0n) is 10.4. The van der Waals surface area contributed by atoms with Gasteiger partial charge in [-0.1, -0.05) is 16.2 Å². The van der Waals surface area contributed by atoms with E-state index in [0.29, 0.717) is 13.1 Å². The first-order valence-corrected chi connectivity index (χ1v) is 5.73. The summed E-state index contributed by atoms with van der Waals surface area (Å²) in [4.78, 5) is 22.3. The van der Waals surface area contributed by atoms with Gasteiger partial charge in [-0.25, -0.2) is 9.59 Å². The molecule has 8 heteroatoms. The number of hydrogen-bond acceptors (Lipinski definition) is 5. The van der Waals surface area contributed by atoms with Crippen molar-refractivity contribution in [3.63, 3.8) is 0 Å². The number of amides is 2. The highest BCUT2D eigenvalue weighted by atomic mass is 16.6. The third kappa shape index (κ3) is 6.84. The van der Waals surface area contributed by atoms with Crippen molar-refractivity contribution in [1.82, 2.24) is 5.32 Å². The van der Waals surface area contributed by atoms with E-state index in [1.165, 1.54) is 4.68 Å². The predicted octanol–water partition coefficient (Wildman–Crippen LogP) is -0.661. The molecular weight excluding hydrogens is 252 g/mol. The number of carbonyl (C=O) groups is 2. The van der Waals surface area contributed by atoms with Gasteiger partial charge in [0.2, 0.25) is 0 Å². The molecule has 0 bridgehead atoms. The molecule has 2 amide bonds. The third-order valence-electron chi connectivity index (χ3n) is 1.90. The second-order valence-electron chi connectivity index (χ2n) is 3.38. The Morgan fingerprint density at radius 2 is 1.68 bits per heavy atom. The van der Waals surface area contributed by atoms with Crippen LogP contribution in [0.1, 0.15) is 0 Å². The number of pyridine rings is 1. The van der Waals surface area contributed by atoms with Crippen molar-refractivity contribution < 1.29 is 23.7 Å². The minimum Gasteiger partial charge on any atom is -0.446 e. The molecule has 0 unspecified atom stereocenters. The Kier molecular flexibility index (Phi) is 6.73. The van der Waals surface area contributed by atoms with Crippen LogP contribution in [0.25, 0.3) is 0 Å². The van der Waals surface area contributed by atoms with Gasteiger partial charge < -0.3 is 20.5 Å². The molecule has 8 nitrogen and oxygen atoms in total. The van der Waals surface area contributed by atoms with Gasteiger partial charge in [-0.3, -0.25) is 0 Å². The SMILES string of the molecule is NCCNC(=O)OCCOC(=O)N[n+]1ccccc1. The molecule has 1 aromatic rings. The van der Waals surface area contributed by atoms with Crippen molar-refractivity contribution in [2.75, 3.05) is 31.7 Å². The van der Waals surface area contributed by atoms with E-state index < -0.39 is 12.2 Å². The molecule has 0 saturated carbocycles. The zero-order chi connectivity index (χ0) is 13.9. The number of rotatable bonds is 6. The largest absolute Gasteiger partial charge is 0.461 e. The van der Waals surface area contributed by atoms with E-state index in [1.54, 1.807) is 24.5 Å². The Morgan fingerprint density at radius 1 is 1.05 bits per heavy atom. The van der Waals surface area contributed by atoms with E-state index in [1.807, 2.05) is 6.07 Å². The summed E-state index contributed by atoms with van der Waals surface area (Å²) in [6.07, 6.45) is 2.07. The molecular formula is C11H17N4O4+. The van der Waals surface area contributed by atoms with Crippen molar-refractivity contribution in [3.8, 4) is 0 Å². The average molecular weight is 269 g/mol. The Bertz CT molecular complexity index is 399. The van der Waals surface area contributed by atoms with Crippen molar-refractivity contribution >= 4 is 12.2 Å². The van der Waals surface area contributed by atoms with Crippen molar-refractivity contribution in [3.05, 3.63) is 30.6 Å². The lowest BCUT2D eigenvalue weighted by molar-refractivity contribution is -0.642. The number of ether oxygens (including phenoxy) is 2. The number of alkyl carbamates (subject to hydrolysis) is 1. The first kappa shape index (κ1) is 14.7. The standard InChI is InChI=1S/C11H16N4O4/c12-4-5-13-10(16)18-8-9-19-11(17)14-15-6-2-1-3-7-15/h1-3,6-7H,4-5,8-9,12H2,(H-,13,14,16,17)/p+1. The fraction of sp³-hybridized carbons (Fsp3) is 0.364. The van der Waals surface area contributed by atoms with Crippen LogP contribution in [0.2, 0.25) is 0 Å². The Morgan fingerprint density at radius 3 is 2.32 bits per heavy atom. The van der Waals surface area contributed by atoms with Gasteiger partial charge in [-0.05, 0) is 0 Å². The van der Waals surface area contributed by atoms with Crippen LogP contribution >= 0.6 is 0 Å². The second-order valence-corrected chi connectivity index (χ2v) is 3.38. The van der Waals surface area contributed by atoms with Gasteiger partial charge in [0, 0.05) is 25.2 Å². The van der Waals surface area contributed by atoms with Gasteiger partial charge in [0.15, 0.2) is 12.4 Å². The highest BCUT2D eigenvalue weighted by Crippen LogP contribution is 1.82. The quantitative estimate of drug-likeness (QED) is 0.469. The summed E-state index contributed by atoms with van der Waals surface area (Å²) in [5.41, 5.74) is 7.64. The highest BCUT2D eigenvalue weighted by molar-refractivity contribution is 5.73. The molecule has 0 aliphatic rings. The second kappa shape index (κ2) is 8.70. The first-order chi connectivity index (χ1) is 9.22. The molecule has 1 heterocycles. The van der Waals surface area contributed by atoms with Gasteiger partial charge in [0.1, 0.15) is 13.2 Å². The van der Waals surface area contributed by atoms with Crippen LogP contribution in [0, 0.1) is 0 Å². The molecule has 0 spiro atoms. The summed E-state index contributed by atoms with van der Waals surface area (Å²) in [6.45, 7) is 0.617. The molecule has 0 atom stereocenters. The highest BCUT2D eigenvalue weighted by Gasteiger charge is 2.08. The number of nitrogens with one attached hydrogen (secondary N) is 2. The number of aromatic nitrogens is 1. The number of carbonyl (C=O) groups excluding carboxylic acids is 2. The van der Waals surface area contributed by atoms with E-state index in [4.69, 9.17) is 15.2 Å². The van der Waals surface area contributed by atoms with Crippen LogP contribution < -0.4 is 21.2 Å². The maximum atomic E-state index is 11.3. The van der Waals surface area contributed by atoms with Gasteiger partial charge in [-0.2, -0.15) is 0 Å². The van der Waals surface area contributed by atoms with E-state index in [2.05, 4.69) is 10.7 Å². The summed E-state index contributed by atoms with van der Waals surface area (Å²) >= 11 is 0. The number of hydrogen-bond donors (Lipinski definition) is 3. The fourth-order valence-electron chi connectivity index (χ4n) is 1.10. The van der Waals surface area contributed by atoms with Crippen molar-refractivity contribution in [1.29, 1.82) is 0 Å². The predicted molar refractivity (Wildman–Crippen MR) is 65.8 cm³/mol. The molecule has 19 heavy (non-hydrogen) atoms. The van der Waals surface area contributed by atoms with E-state index >= 15 is 0 Å². The summed E-state index contributed by atoms with van der Waals surface area (Å²) in [5, 5.41) is 2.41. The molecule has 0 radical (unpaired) electrons. The average Bonchev–Trinajstić information content (AvgIpc) is 2.42. The van der Waals surface area contributed by atoms with Gasteiger partial charge in [0.25, 0.3) is 0 Å². The van der Waals surface area contributed by atoms with Crippen LogP contribution in [0.5, 0.6) is 0 Å². The molecule has 0 aliphatic carbocycles. The number of nitrogens with zero attached hydrogens (tertiary/aromatic N) is 1. The monoisotopic (exact) mass is 269 g/mol. The van der Waals surface area contributed by atoms with Gasteiger partial charge >= 0.3 is 12.2 Å². The summed E-state index contributed by atoms with van der Waals surface area (Å²) in [5.74, 6) is 0. The molecule has 0 saturated heterocycles. The smallest absolute Gasteiger partial charge is 0.446 e. The van der Waals surface area contributed by atoms with Crippen LogP contribution in [0.3, 0.4) is 0 Å². The van der Waals surface area contributed by atoms with E-state index in [0.717, 1.165) is 0 Å². The minimum absolute atomic E-state index is 0.0245. The van der Waals surface area contributed by atoms with Crippen LogP contribution in [0.15, 0.2) is 30.6 Å². The lowest BCUT2D eigenvalue weighted by Crippen LogP contribution is -2.47. The molecule has 0 fully saturated rings. The topological polar surface area (TPSA) is 107 Å². The number of nitrogens with two attached hydrogens (primary N) is 1. The van der Waals surface area contributed by atoms with Crippen molar-refractivity contribution in [2.24, 2.45) is 5.73 Å². The van der Waals surface area contributed by atoms with Crippen LogP contribution in [0.4, 0.5) is 9.59 Å². The Balaban J connectivity index is 2.09. The Labute approximate surface area is 110 Å². The first-order valence-electron chi connectivity index (χ1n) is 5.73. The van der Waals surface area contributed by atoms with Crippen LogP contribution in [-0.4, -0.2) is 38.5 Å². The zero-order valence-corrected chi connectivity index (χ0v) is 10.4. The minimum atomic E-state index is -0.637. The summed E-state index contributed by atoms with van der Waals surface area (Å²) < 4.78 is 11.0. The van der Waals surface area contributed by atoms with Crippen molar-refractivity contribution in [2.45, 2.75) is 0 Å². The molecule has 0 aliphatic heterocycles. The lowest BCUT2D eigenvalue weighted by atomic mass is 10.5. The lowest BCUT2D eigenvalue weighted by Gasteiger charge is -2.06. The molecule has 4 N–H and O–H groups in total. The van der Waals surface area contributed by atoms with Gasteiger partial charge in [0.05, 0.1) is 0 Å². The third-order valence-corrected chi connectivity index (χ3v) is 1.90. The molecule has 1 aromatic heterocycles. The van der Waals surface area contributed by atoms with E-state index in [-0.39, 0.29) is 13.2 Å². The van der Waals surface area contributed by atoms with Crippen LogP contribution in [-0.2, 0) is 9.47 Å². The van der Waals surface area contributed by atoms with Gasteiger partial charge in [-0.15, -0.1) is 0 Å². The molecule has 104 valence electrons. The molecule has 0 aromatic carbocycles. The summed E-state index contributed by atoms with van der Waals surface area (Å²) in [6, 6.07) is 5.33. The normalized spacial score (nSPS) is 9.53. The fourth-order valence-corrected chi connectivity index (χ4v) is 1.10. The maximum absolute atomic E-state index is 11.3.